The van der Waals surface area contributed by atoms with Gasteiger partial charge in [0.05, 0.1) is 5.56 Å². The first kappa shape index (κ1) is 17.1. The van der Waals surface area contributed by atoms with Gasteiger partial charge in [0.15, 0.2) is 0 Å². The van der Waals surface area contributed by atoms with Crippen LogP contribution in [0.3, 0.4) is 0 Å². The number of fused-ring (bicyclic) bond motifs is 4. The highest BCUT2D eigenvalue weighted by Gasteiger charge is 2.37. The summed E-state index contributed by atoms with van der Waals surface area (Å²) < 4.78 is 43.5. The summed E-state index contributed by atoms with van der Waals surface area (Å²) >= 11 is 1.17. The van der Waals surface area contributed by atoms with E-state index < -0.39 is 11.7 Å². The monoisotopic (exact) mass is 394 g/mol. The number of halogens is 3. The van der Waals surface area contributed by atoms with E-state index in [9.17, 15) is 18.3 Å². The fraction of sp³-hybridized carbons (Fsp3) is 0.0435. The number of phenols is 1. The molecular weight excluding hydrogens is 381 g/mol. The molecule has 1 heterocycles. The van der Waals surface area contributed by atoms with Crippen LogP contribution < -0.4 is 0 Å². The fourth-order valence-corrected chi connectivity index (χ4v) is 5.14. The molecule has 0 atom stereocenters. The van der Waals surface area contributed by atoms with E-state index in [0.29, 0.717) is 10.8 Å². The lowest BCUT2D eigenvalue weighted by Gasteiger charge is -2.17. The number of rotatable bonds is 1. The highest BCUT2D eigenvalue weighted by molar-refractivity contribution is 7.26. The highest BCUT2D eigenvalue weighted by Crippen LogP contribution is 2.50. The summed E-state index contributed by atoms with van der Waals surface area (Å²) in [6, 6.07) is 20.7. The van der Waals surface area contributed by atoms with Gasteiger partial charge in [0.25, 0.3) is 0 Å². The Morgan fingerprint density at radius 1 is 0.714 bits per heavy atom. The molecule has 1 aromatic heterocycles. The van der Waals surface area contributed by atoms with Gasteiger partial charge in [0, 0.05) is 20.2 Å². The largest absolute Gasteiger partial charge is 0.508 e. The zero-order chi connectivity index (χ0) is 19.5. The summed E-state index contributed by atoms with van der Waals surface area (Å²) in [6.45, 7) is 0. The molecule has 0 bridgehead atoms. The summed E-state index contributed by atoms with van der Waals surface area (Å²) in [5, 5.41) is 11.8. The van der Waals surface area contributed by atoms with Crippen molar-refractivity contribution in [3.8, 4) is 16.9 Å². The predicted octanol–water partition coefficient (Wildman–Crippen LogP) is 7.60. The van der Waals surface area contributed by atoms with Crippen molar-refractivity contribution in [2.24, 2.45) is 0 Å². The van der Waals surface area contributed by atoms with Crippen molar-refractivity contribution in [2.75, 3.05) is 0 Å². The van der Waals surface area contributed by atoms with Crippen molar-refractivity contribution >= 4 is 42.3 Å². The van der Waals surface area contributed by atoms with Gasteiger partial charge in [0.1, 0.15) is 5.75 Å². The van der Waals surface area contributed by atoms with E-state index in [1.165, 1.54) is 17.4 Å². The van der Waals surface area contributed by atoms with E-state index in [-0.39, 0.29) is 15.8 Å². The summed E-state index contributed by atoms with van der Waals surface area (Å²) in [7, 11) is 0. The molecule has 1 N–H and O–H groups in total. The molecule has 0 unspecified atom stereocenters. The molecule has 5 rings (SSSR count). The van der Waals surface area contributed by atoms with E-state index >= 15 is 0 Å². The second-order valence-electron chi connectivity index (χ2n) is 6.64. The molecule has 0 aliphatic rings. The Balaban J connectivity index is 2.10. The minimum atomic E-state index is -4.47. The van der Waals surface area contributed by atoms with Gasteiger partial charge < -0.3 is 5.11 Å². The zero-order valence-electron chi connectivity index (χ0n) is 14.4. The van der Waals surface area contributed by atoms with E-state index in [1.807, 2.05) is 24.3 Å². The summed E-state index contributed by atoms with van der Waals surface area (Å²) in [5.74, 6) is 0.117. The number of hydrogen-bond acceptors (Lipinski definition) is 2. The van der Waals surface area contributed by atoms with Crippen LogP contribution >= 0.6 is 11.3 Å². The molecule has 0 aliphatic carbocycles. The fourth-order valence-electron chi connectivity index (χ4n) is 3.86. The van der Waals surface area contributed by atoms with Gasteiger partial charge in [-0.2, -0.15) is 13.2 Å². The van der Waals surface area contributed by atoms with Crippen molar-refractivity contribution in [1.29, 1.82) is 0 Å². The molecule has 28 heavy (non-hydrogen) atoms. The number of benzene rings is 4. The smallest absolute Gasteiger partial charge is 0.418 e. The Kier molecular flexibility index (Phi) is 3.64. The SMILES string of the molecule is Oc1ccc(-c2c3ccccc3c(C(F)(F)F)c3sc4ccccc4c23)cc1. The van der Waals surface area contributed by atoms with Gasteiger partial charge in [-0.3, -0.25) is 0 Å². The summed E-state index contributed by atoms with van der Waals surface area (Å²) in [4.78, 5) is 0. The molecule has 0 amide bonds. The van der Waals surface area contributed by atoms with Crippen LogP contribution in [0.15, 0.2) is 72.8 Å². The Morgan fingerprint density at radius 3 is 2.00 bits per heavy atom. The van der Waals surface area contributed by atoms with Crippen LogP contribution in [0.1, 0.15) is 5.56 Å². The molecule has 5 heteroatoms. The van der Waals surface area contributed by atoms with Crippen LogP contribution in [0.4, 0.5) is 13.2 Å². The Hall–Kier alpha value is -3.05. The normalized spacial score (nSPS) is 12.2. The molecule has 5 aromatic rings. The van der Waals surface area contributed by atoms with E-state index in [2.05, 4.69) is 0 Å². The van der Waals surface area contributed by atoms with Gasteiger partial charge in [-0.05, 0) is 40.1 Å². The maximum atomic E-state index is 14.1. The van der Waals surface area contributed by atoms with E-state index in [4.69, 9.17) is 0 Å². The first-order valence-electron chi connectivity index (χ1n) is 8.67. The minimum Gasteiger partial charge on any atom is -0.508 e. The second kappa shape index (κ2) is 5.97. The average molecular weight is 394 g/mol. The lowest BCUT2D eigenvalue weighted by Crippen LogP contribution is -2.06. The van der Waals surface area contributed by atoms with Crippen molar-refractivity contribution < 1.29 is 18.3 Å². The number of alkyl halides is 3. The number of aromatic hydroxyl groups is 1. The molecule has 1 nitrogen and oxygen atoms in total. The Bertz CT molecular complexity index is 1350. The Labute approximate surface area is 162 Å². The molecule has 138 valence electrons. The van der Waals surface area contributed by atoms with Crippen LogP contribution in [-0.2, 0) is 6.18 Å². The van der Waals surface area contributed by atoms with Crippen molar-refractivity contribution in [2.45, 2.75) is 6.18 Å². The van der Waals surface area contributed by atoms with Crippen LogP contribution in [0.25, 0.3) is 42.1 Å². The highest BCUT2D eigenvalue weighted by atomic mass is 32.1. The van der Waals surface area contributed by atoms with Crippen LogP contribution in [0.2, 0.25) is 0 Å². The van der Waals surface area contributed by atoms with Crippen LogP contribution in [0.5, 0.6) is 5.75 Å². The van der Waals surface area contributed by atoms with Gasteiger partial charge in [-0.1, -0.05) is 54.6 Å². The third kappa shape index (κ3) is 2.47. The third-order valence-electron chi connectivity index (χ3n) is 4.98. The third-order valence-corrected chi connectivity index (χ3v) is 6.17. The van der Waals surface area contributed by atoms with Gasteiger partial charge in [0.2, 0.25) is 0 Å². The molecule has 4 aromatic carbocycles. The summed E-state index contributed by atoms with van der Waals surface area (Å²) in [6.07, 6.45) is -4.47. The second-order valence-corrected chi connectivity index (χ2v) is 7.69. The Morgan fingerprint density at radius 2 is 1.32 bits per heavy atom. The molecule has 0 spiro atoms. The predicted molar refractivity (Wildman–Crippen MR) is 109 cm³/mol. The minimum absolute atomic E-state index is 0.117. The zero-order valence-corrected chi connectivity index (χ0v) is 15.2. The lowest BCUT2D eigenvalue weighted by molar-refractivity contribution is -0.134. The maximum absolute atomic E-state index is 14.1. The number of phenolic OH excluding ortho intramolecular Hbond substituents is 1. The van der Waals surface area contributed by atoms with Crippen molar-refractivity contribution in [1.82, 2.24) is 0 Å². The average Bonchev–Trinajstić information content (AvgIpc) is 3.04. The van der Waals surface area contributed by atoms with Crippen LogP contribution in [-0.4, -0.2) is 5.11 Å². The first-order chi connectivity index (χ1) is 13.4. The molecule has 0 aliphatic heterocycles. The molecule has 0 saturated heterocycles. The number of thiophene rings is 1. The van der Waals surface area contributed by atoms with E-state index in [0.717, 1.165) is 21.2 Å². The van der Waals surface area contributed by atoms with E-state index in [1.54, 1.807) is 42.5 Å². The topological polar surface area (TPSA) is 20.2 Å². The number of hydrogen-bond donors (Lipinski definition) is 1. The first-order valence-corrected chi connectivity index (χ1v) is 9.49. The van der Waals surface area contributed by atoms with Gasteiger partial charge in [-0.15, -0.1) is 11.3 Å². The standard InChI is InChI=1S/C23H13F3OS/c24-23(25,26)21-16-6-2-1-5-15(16)19(13-9-11-14(27)12-10-13)20-17-7-3-4-8-18(17)28-22(20)21/h1-12,27H. The molecule has 0 saturated carbocycles. The maximum Gasteiger partial charge on any atom is 0.418 e. The quantitative estimate of drug-likeness (QED) is 0.310. The van der Waals surface area contributed by atoms with Crippen molar-refractivity contribution in [3.05, 3.63) is 78.4 Å². The molecule has 0 fully saturated rings. The van der Waals surface area contributed by atoms with Crippen LogP contribution in [0, 0.1) is 0 Å². The molecule has 0 radical (unpaired) electrons. The summed E-state index contributed by atoms with van der Waals surface area (Å²) in [5.41, 5.74) is 0.953. The lowest BCUT2D eigenvalue weighted by atomic mass is 9.90. The van der Waals surface area contributed by atoms with Gasteiger partial charge in [-0.25, -0.2) is 0 Å². The van der Waals surface area contributed by atoms with Gasteiger partial charge >= 0.3 is 6.18 Å². The molecular formula is C23H13F3OS. The van der Waals surface area contributed by atoms with Crippen molar-refractivity contribution in [3.63, 3.8) is 0 Å².